The largest absolute Gasteiger partial charge is 0.643 e. The van der Waals surface area contributed by atoms with Crippen molar-refractivity contribution in [1.29, 1.82) is 0 Å². The molecule has 0 aliphatic heterocycles. The summed E-state index contributed by atoms with van der Waals surface area (Å²) >= 11 is 7.91. The predicted molar refractivity (Wildman–Crippen MR) is 173 cm³/mol. The van der Waals surface area contributed by atoms with Crippen molar-refractivity contribution in [2.24, 2.45) is 0 Å². The van der Waals surface area contributed by atoms with Gasteiger partial charge in [-0.15, -0.1) is 0 Å². The summed E-state index contributed by atoms with van der Waals surface area (Å²) < 4.78 is 11.4. The van der Waals surface area contributed by atoms with Crippen LogP contribution < -0.4 is 4.74 Å². The van der Waals surface area contributed by atoms with Gasteiger partial charge in [0.05, 0.1) is 5.56 Å². The number of benzene rings is 3. The maximum absolute atomic E-state index is 10.8. The Morgan fingerprint density at radius 1 is 0.683 bits per heavy atom. The minimum atomic E-state index is -1.72. The second kappa shape index (κ2) is 23.9. The number of carbonyl (C=O) groups excluding carboxylic acids is 4. The molecule has 0 heterocycles. The molecule has 15 heteroatoms. The molecule has 0 saturated carbocycles. The molecule has 0 radical (unpaired) electrons. The normalized spacial score (nSPS) is 8.83. The van der Waals surface area contributed by atoms with E-state index in [1.54, 1.807) is 42.5 Å². The smallest absolute Gasteiger partial charge is 0.508 e. The van der Waals surface area contributed by atoms with E-state index in [1.807, 2.05) is 18.2 Å². The first kappa shape index (κ1) is 41.5. The van der Waals surface area contributed by atoms with Gasteiger partial charge >= 0.3 is 29.3 Å². The number of aromatic hydroxyl groups is 2. The van der Waals surface area contributed by atoms with Gasteiger partial charge in [-0.2, -0.15) is 0 Å². The van der Waals surface area contributed by atoms with Gasteiger partial charge in [0.25, 0.3) is 0 Å². The molecule has 0 aliphatic carbocycles. The zero-order valence-electron chi connectivity index (χ0n) is 22.0. The standard InChI is InChI=1S/2C8H7BrO2.C6H5BrO.C4H6O3.Al.3ClH/c1-5(10)7-3-2-6(9)4-8(7)11;1-6(10)11-8-4-2-3-7(9)5-8;7-5-2-1-3-6(8)4-5;1-3(5)7-4(2)6;;;;/h2-4,11H,1H3;2-5H,1H3;1-4,8H;1-2H3;;3*1H/q;;;;+3;;;/p-3. The summed E-state index contributed by atoms with van der Waals surface area (Å²) in [6.07, 6.45) is 0. The zero-order chi connectivity index (χ0) is 32.1. The molecule has 41 heavy (non-hydrogen) atoms. The van der Waals surface area contributed by atoms with Crippen LogP contribution in [-0.4, -0.2) is 45.3 Å². The summed E-state index contributed by atoms with van der Waals surface area (Å²) in [6, 6.07) is 18.8. The Balaban J connectivity index is 0. The van der Waals surface area contributed by atoms with E-state index in [0.29, 0.717) is 17.1 Å². The van der Waals surface area contributed by atoms with E-state index in [4.69, 9.17) is 40.0 Å². The quantitative estimate of drug-likeness (QED) is 0.0864. The topological polar surface area (TPSA) is 127 Å². The predicted octanol–water partition coefficient (Wildman–Crippen LogP) is 8.67. The first-order chi connectivity index (χ1) is 18.9. The number of ketones is 1. The second-order valence-corrected chi connectivity index (χ2v) is 16.3. The lowest BCUT2D eigenvalue weighted by molar-refractivity contribution is -0.156. The molecular formula is C26H25AlBr3Cl3O8. The summed E-state index contributed by atoms with van der Waals surface area (Å²) in [6.45, 7) is 5.16. The molecule has 0 saturated heterocycles. The van der Waals surface area contributed by atoms with Crippen LogP contribution in [0.5, 0.6) is 17.2 Å². The number of carbonyl (C=O) groups is 4. The highest BCUT2D eigenvalue weighted by Gasteiger charge is 2.05. The number of Topliss-reactive ketones (excluding diaryl/α,β-unsaturated/α-hetero) is 1. The Labute approximate surface area is 280 Å². The van der Waals surface area contributed by atoms with Gasteiger partial charge in [0.2, 0.25) is 0 Å². The number of hydrogen-bond donors (Lipinski definition) is 2. The highest BCUT2D eigenvalue weighted by Crippen LogP contribution is 2.22. The number of rotatable bonds is 2. The van der Waals surface area contributed by atoms with Crippen LogP contribution >= 0.6 is 77.9 Å². The van der Waals surface area contributed by atoms with Crippen molar-refractivity contribution < 1.29 is 38.9 Å². The second-order valence-electron chi connectivity index (χ2n) is 7.08. The number of esters is 3. The molecule has 0 unspecified atom stereocenters. The monoisotopic (exact) mass is 834 g/mol. The summed E-state index contributed by atoms with van der Waals surface area (Å²) in [5.74, 6) is -0.684. The Morgan fingerprint density at radius 2 is 1.15 bits per heavy atom. The molecule has 0 bridgehead atoms. The van der Waals surface area contributed by atoms with E-state index in [-0.39, 0.29) is 17.5 Å². The molecule has 0 spiro atoms. The maximum atomic E-state index is 10.8. The van der Waals surface area contributed by atoms with Gasteiger partial charge in [0.15, 0.2) is 5.78 Å². The molecule has 222 valence electrons. The molecule has 2 N–H and O–H groups in total. The lowest BCUT2D eigenvalue weighted by Gasteiger charge is -1.99. The molecule has 3 aromatic rings. The molecule has 0 aliphatic rings. The van der Waals surface area contributed by atoms with E-state index in [2.05, 4.69) is 52.5 Å². The lowest BCUT2D eigenvalue weighted by atomic mass is 10.1. The van der Waals surface area contributed by atoms with Gasteiger partial charge in [-0.25, -0.2) is 30.1 Å². The van der Waals surface area contributed by atoms with E-state index in [0.717, 1.165) is 13.4 Å². The number of halogens is 6. The molecule has 3 aromatic carbocycles. The number of hydrogen-bond acceptors (Lipinski definition) is 8. The van der Waals surface area contributed by atoms with Crippen LogP contribution in [0.2, 0.25) is 0 Å². The van der Waals surface area contributed by atoms with Crippen LogP contribution in [-0.2, 0) is 19.1 Å². The van der Waals surface area contributed by atoms with Crippen molar-refractivity contribution in [3.05, 3.63) is 85.7 Å². The fourth-order valence-electron chi connectivity index (χ4n) is 2.18. The van der Waals surface area contributed by atoms with E-state index in [9.17, 15) is 24.3 Å². The van der Waals surface area contributed by atoms with Gasteiger partial charge < -0.3 is 19.7 Å². The summed E-state index contributed by atoms with van der Waals surface area (Å²) in [5.41, 5.74) is 0.355. The fourth-order valence-corrected chi connectivity index (χ4v) is 3.29. The molecule has 8 nitrogen and oxygen atoms in total. The Bertz CT molecular complexity index is 1250. The fraction of sp³-hybridized carbons (Fsp3) is 0.154. The van der Waals surface area contributed by atoms with Crippen molar-refractivity contribution >= 4 is 113 Å². The van der Waals surface area contributed by atoms with Gasteiger partial charge in [0.1, 0.15) is 17.2 Å². The van der Waals surface area contributed by atoms with Crippen molar-refractivity contribution in [2.45, 2.75) is 27.7 Å². The van der Waals surface area contributed by atoms with Crippen molar-refractivity contribution in [2.75, 3.05) is 0 Å². The van der Waals surface area contributed by atoms with Gasteiger partial charge in [-0.1, -0.05) is 59.9 Å². The highest BCUT2D eigenvalue weighted by atomic mass is 79.9. The minimum absolute atomic E-state index is 0.0203. The molecule has 0 fully saturated rings. The molecular weight excluding hydrogens is 813 g/mol. The average Bonchev–Trinajstić information content (AvgIpc) is 2.78. The van der Waals surface area contributed by atoms with Crippen LogP contribution in [0.1, 0.15) is 38.1 Å². The average molecular weight is 839 g/mol. The van der Waals surface area contributed by atoms with Crippen molar-refractivity contribution in [3.8, 4) is 17.2 Å². The third kappa shape index (κ3) is 27.0. The van der Waals surface area contributed by atoms with Gasteiger partial charge in [0, 0.05) is 34.2 Å². The summed E-state index contributed by atoms with van der Waals surface area (Å²) in [4.78, 5) is 40.9. The lowest BCUT2D eigenvalue weighted by Crippen LogP contribution is -2.03. The molecule has 0 atom stereocenters. The SMILES string of the molecule is CC(=O)OC(C)=O.CC(=O)Oc1cccc(Br)c1.CC(=O)c1ccc(Br)cc1O.Oc1cccc(Br)c1.[Cl][Al]([Cl])[Cl]. The van der Waals surface area contributed by atoms with Crippen LogP contribution in [0.15, 0.2) is 80.1 Å². The Kier molecular flexibility index (Phi) is 24.2. The van der Waals surface area contributed by atoms with Crippen LogP contribution in [0, 0.1) is 0 Å². The van der Waals surface area contributed by atoms with Gasteiger partial charge in [-0.3, -0.25) is 19.2 Å². The minimum Gasteiger partial charge on any atom is -0.508 e. The third-order valence-electron chi connectivity index (χ3n) is 3.49. The first-order valence-corrected chi connectivity index (χ1v) is 18.5. The summed E-state index contributed by atoms with van der Waals surface area (Å²) in [5, 5.41) is 18.0. The van der Waals surface area contributed by atoms with E-state index >= 15 is 0 Å². The molecule has 0 amide bonds. The Hall–Kier alpha value is -1.62. The number of phenolic OH excluding ortho intramolecular Hbond substituents is 2. The van der Waals surface area contributed by atoms with Crippen LogP contribution in [0.25, 0.3) is 0 Å². The van der Waals surface area contributed by atoms with Gasteiger partial charge in [-0.05, 0) is 61.5 Å². The van der Waals surface area contributed by atoms with Crippen LogP contribution in [0.3, 0.4) is 0 Å². The van der Waals surface area contributed by atoms with Crippen molar-refractivity contribution in [1.82, 2.24) is 0 Å². The van der Waals surface area contributed by atoms with E-state index in [1.165, 1.54) is 33.8 Å². The summed E-state index contributed by atoms with van der Waals surface area (Å²) in [7, 11) is 14.8. The van der Waals surface area contributed by atoms with E-state index < -0.39 is 23.3 Å². The number of phenols is 2. The molecule has 0 aromatic heterocycles. The Morgan fingerprint density at radius 3 is 1.46 bits per heavy atom. The van der Waals surface area contributed by atoms with Crippen LogP contribution in [0.4, 0.5) is 0 Å². The maximum Gasteiger partial charge on any atom is 0.643 e. The third-order valence-corrected chi connectivity index (χ3v) is 4.97. The zero-order valence-corrected chi connectivity index (χ0v) is 30.2. The first-order valence-electron chi connectivity index (χ1n) is 10.9. The molecule has 3 rings (SSSR count). The highest BCUT2D eigenvalue weighted by molar-refractivity contribution is 9.11. The van der Waals surface area contributed by atoms with Crippen molar-refractivity contribution in [3.63, 3.8) is 0 Å². The number of ether oxygens (including phenoxy) is 2.